The van der Waals surface area contributed by atoms with Gasteiger partial charge in [-0.15, -0.1) is 0 Å². The number of rotatable bonds is 3. The molecule has 3 N–H and O–H groups in total. The predicted molar refractivity (Wildman–Crippen MR) is 80.4 cm³/mol. The summed E-state index contributed by atoms with van der Waals surface area (Å²) < 4.78 is 6.27. The van der Waals surface area contributed by atoms with Crippen LogP contribution >= 0.6 is 0 Å². The van der Waals surface area contributed by atoms with E-state index in [9.17, 15) is 0 Å². The van der Waals surface area contributed by atoms with Gasteiger partial charge in [0.25, 0.3) is 0 Å². The Balaban J connectivity index is 1.90. The zero-order valence-electron chi connectivity index (χ0n) is 12.8. The molecule has 3 rings (SSSR count). The molecule has 3 atom stereocenters. The predicted octanol–water partition coefficient (Wildman–Crippen LogP) is 2.77. The molecule has 5 heteroatoms. The first-order valence-corrected chi connectivity index (χ1v) is 7.49. The van der Waals surface area contributed by atoms with Gasteiger partial charge in [0, 0.05) is 11.6 Å². The highest BCUT2D eigenvalue weighted by Crippen LogP contribution is 2.66. The van der Waals surface area contributed by atoms with Crippen LogP contribution < -0.4 is 10.5 Å². The minimum absolute atomic E-state index is 0.0156. The van der Waals surface area contributed by atoms with Crippen molar-refractivity contribution in [2.24, 2.45) is 27.6 Å². The highest BCUT2D eigenvalue weighted by molar-refractivity contribution is 5.97. The molecule has 0 saturated heterocycles. The van der Waals surface area contributed by atoms with Crippen LogP contribution in [-0.4, -0.2) is 22.1 Å². The van der Waals surface area contributed by atoms with Gasteiger partial charge in [0.15, 0.2) is 11.5 Å². The molecule has 1 aromatic rings. The van der Waals surface area contributed by atoms with Crippen molar-refractivity contribution in [1.82, 2.24) is 4.98 Å². The summed E-state index contributed by atoms with van der Waals surface area (Å²) >= 11 is 0. The van der Waals surface area contributed by atoms with Crippen LogP contribution in [0, 0.1) is 16.7 Å². The van der Waals surface area contributed by atoms with Crippen LogP contribution in [0.4, 0.5) is 0 Å². The van der Waals surface area contributed by atoms with E-state index in [1.165, 1.54) is 12.8 Å². The van der Waals surface area contributed by atoms with Gasteiger partial charge in [-0.05, 0) is 42.7 Å². The van der Waals surface area contributed by atoms with Gasteiger partial charge in [0.05, 0.1) is 0 Å². The summed E-state index contributed by atoms with van der Waals surface area (Å²) in [5.41, 5.74) is 6.55. The molecule has 5 nitrogen and oxygen atoms in total. The van der Waals surface area contributed by atoms with Crippen LogP contribution in [0.25, 0.3) is 0 Å². The van der Waals surface area contributed by atoms with Crippen LogP contribution in [0.5, 0.6) is 5.75 Å². The Kier molecular flexibility index (Phi) is 3.11. The second-order valence-electron chi connectivity index (χ2n) is 7.05. The molecule has 2 bridgehead atoms. The summed E-state index contributed by atoms with van der Waals surface area (Å²) in [6, 6.07) is 3.65. The van der Waals surface area contributed by atoms with Gasteiger partial charge in [-0.1, -0.05) is 25.9 Å². The zero-order chi connectivity index (χ0) is 15.3. The van der Waals surface area contributed by atoms with Gasteiger partial charge in [-0.25, -0.2) is 4.98 Å². The minimum atomic E-state index is -0.0156. The molecule has 0 spiro atoms. The molecule has 2 fully saturated rings. The first-order valence-electron chi connectivity index (χ1n) is 7.49. The number of nitrogens with zero attached hydrogens (tertiary/aromatic N) is 2. The highest BCUT2D eigenvalue weighted by atomic mass is 16.5. The molecule has 0 radical (unpaired) electrons. The molecule has 2 aliphatic rings. The summed E-state index contributed by atoms with van der Waals surface area (Å²) in [5, 5.41) is 11.9. The van der Waals surface area contributed by atoms with E-state index >= 15 is 0 Å². The summed E-state index contributed by atoms with van der Waals surface area (Å²) in [6.07, 6.45) is 5.30. The van der Waals surface area contributed by atoms with Crippen molar-refractivity contribution in [3.05, 3.63) is 24.0 Å². The summed E-state index contributed by atoms with van der Waals surface area (Å²) in [6.45, 7) is 7.02. The fourth-order valence-corrected chi connectivity index (χ4v) is 4.19. The van der Waals surface area contributed by atoms with Crippen molar-refractivity contribution in [1.29, 1.82) is 0 Å². The van der Waals surface area contributed by atoms with E-state index < -0.39 is 0 Å². The van der Waals surface area contributed by atoms with E-state index in [0.717, 1.165) is 6.42 Å². The quantitative estimate of drug-likeness (QED) is 0.388. The molecule has 21 heavy (non-hydrogen) atoms. The Bertz CT molecular complexity index is 585. The second-order valence-corrected chi connectivity index (χ2v) is 7.05. The molecule has 0 amide bonds. The van der Waals surface area contributed by atoms with Crippen molar-refractivity contribution in [3.8, 4) is 5.75 Å². The van der Waals surface area contributed by atoms with Gasteiger partial charge >= 0.3 is 0 Å². The van der Waals surface area contributed by atoms with E-state index in [1.807, 2.05) is 12.1 Å². The first-order chi connectivity index (χ1) is 9.90. The maximum atomic E-state index is 8.88. The first kappa shape index (κ1) is 14.2. The topological polar surface area (TPSA) is 80.7 Å². The fraction of sp³-hybridized carbons (Fsp3) is 0.625. The van der Waals surface area contributed by atoms with Crippen LogP contribution in [0.1, 0.15) is 45.7 Å². The lowest BCUT2D eigenvalue weighted by Gasteiger charge is -2.39. The molecule has 2 saturated carbocycles. The molecular formula is C16H23N3O2. The lowest BCUT2D eigenvalue weighted by Crippen LogP contribution is -2.39. The molecule has 114 valence electrons. The number of nitrogens with two attached hydrogens (primary N) is 1. The van der Waals surface area contributed by atoms with Gasteiger partial charge in [0.1, 0.15) is 11.9 Å². The Morgan fingerprint density at radius 1 is 1.48 bits per heavy atom. The second kappa shape index (κ2) is 4.61. The lowest BCUT2D eigenvalue weighted by atomic mass is 9.70. The molecule has 0 aliphatic heterocycles. The van der Waals surface area contributed by atoms with E-state index in [0.29, 0.717) is 17.4 Å². The number of hydrogen-bond acceptors (Lipinski definition) is 4. The minimum Gasteiger partial charge on any atom is -0.487 e. The van der Waals surface area contributed by atoms with Crippen LogP contribution in [0.2, 0.25) is 0 Å². The molecule has 3 unspecified atom stereocenters. The third-order valence-electron chi connectivity index (χ3n) is 6.10. The van der Waals surface area contributed by atoms with Crippen molar-refractivity contribution in [2.45, 2.75) is 46.1 Å². The Hall–Kier alpha value is -1.78. The van der Waals surface area contributed by atoms with Crippen LogP contribution in [0.3, 0.4) is 0 Å². The normalized spacial score (nSPS) is 34.1. The van der Waals surface area contributed by atoms with Crippen LogP contribution in [0.15, 0.2) is 23.5 Å². The maximum Gasteiger partial charge on any atom is 0.192 e. The summed E-state index contributed by atoms with van der Waals surface area (Å²) in [5.74, 6) is 1.29. The Labute approximate surface area is 125 Å². The Morgan fingerprint density at radius 3 is 2.81 bits per heavy atom. The summed E-state index contributed by atoms with van der Waals surface area (Å²) in [4.78, 5) is 4.17. The van der Waals surface area contributed by atoms with E-state index in [1.54, 1.807) is 6.20 Å². The molecule has 2 aliphatic carbocycles. The largest absolute Gasteiger partial charge is 0.487 e. The molecule has 0 aromatic carbocycles. The number of amidine groups is 1. The van der Waals surface area contributed by atoms with Crippen molar-refractivity contribution in [2.75, 3.05) is 0 Å². The van der Waals surface area contributed by atoms with Crippen molar-refractivity contribution < 1.29 is 9.94 Å². The third kappa shape index (κ3) is 1.90. The zero-order valence-corrected chi connectivity index (χ0v) is 12.8. The van der Waals surface area contributed by atoms with Gasteiger partial charge in [0.2, 0.25) is 0 Å². The number of ether oxygens (including phenoxy) is 1. The maximum absolute atomic E-state index is 8.88. The molecule has 1 heterocycles. The monoisotopic (exact) mass is 289 g/mol. The van der Waals surface area contributed by atoms with Crippen molar-refractivity contribution >= 4 is 5.84 Å². The smallest absolute Gasteiger partial charge is 0.192 e. The number of fused-ring (bicyclic) bond motifs is 2. The van der Waals surface area contributed by atoms with Gasteiger partial charge in [-0.2, -0.15) is 0 Å². The SMILES string of the molecule is CC1(C)C2CCC1(C)C(Oc1cccnc1/C(N)=N/O)C2. The van der Waals surface area contributed by atoms with E-state index in [4.69, 9.17) is 15.7 Å². The third-order valence-corrected chi connectivity index (χ3v) is 6.10. The van der Waals surface area contributed by atoms with Gasteiger partial charge < -0.3 is 15.7 Å². The summed E-state index contributed by atoms with van der Waals surface area (Å²) in [7, 11) is 0. The highest BCUT2D eigenvalue weighted by Gasteiger charge is 2.62. The lowest BCUT2D eigenvalue weighted by molar-refractivity contribution is 0.0298. The molecule has 1 aromatic heterocycles. The fourth-order valence-electron chi connectivity index (χ4n) is 4.19. The van der Waals surface area contributed by atoms with Crippen molar-refractivity contribution in [3.63, 3.8) is 0 Å². The van der Waals surface area contributed by atoms with E-state index in [-0.39, 0.29) is 22.8 Å². The standard InChI is InChI=1S/C16H23N3O2/c1-15(2)10-6-7-16(15,3)12(9-10)21-11-5-4-8-18-13(11)14(17)19-20/h4-5,8,10,12,20H,6-7,9H2,1-3H3,(H2,17,19). The van der Waals surface area contributed by atoms with Crippen LogP contribution in [-0.2, 0) is 0 Å². The van der Waals surface area contributed by atoms with Gasteiger partial charge in [-0.3, -0.25) is 0 Å². The Morgan fingerprint density at radius 2 is 2.24 bits per heavy atom. The number of oxime groups is 1. The number of hydrogen-bond donors (Lipinski definition) is 2. The van der Waals surface area contributed by atoms with E-state index in [2.05, 4.69) is 30.9 Å². The number of pyridine rings is 1. The average molecular weight is 289 g/mol. The number of aromatic nitrogens is 1. The molecular weight excluding hydrogens is 266 g/mol. The average Bonchev–Trinajstić information content (AvgIpc) is 2.80.